The second kappa shape index (κ2) is 13.4. The van der Waals surface area contributed by atoms with Gasteiger partial charge in [-0.2, -0.15) is 0 Å². The zero-order valence-corrected chi connectivity index (χ0v) is 16.8. The fraction of sp³-hybridized carbons (Fsp3) is 0.562. The second-order valence-corrected chi connectivity index (χ2v) is 5.84. The van der Waals surface area contributed by atoms with Gasteiger partial charge in [-0.15, -0.1) is 37.2 Å². The van der Waals surface area contributed by atoms with Gasteiger partial charge in [0, 0.05) is 57.4 Å². The average Bonchev–Trinajstić information content (AvgIpc) is 2.48. The normalized spacial score (nSPS) is 15.2. The summed E-state index contributed by atoms with van der Waals surface area (Å²) in [7, 11) is 0. The van der Waals surface area contributed by atoms with Crippen LogP contribution in [0.2, 0.25) is 0 Å². The lowest BCUT2D eigenvalue weighted by Gasteiger charge is -2.36. The van der Waals surface area contributed by atoms with Crippen LogP contribution in [-0.2, 0) is 4.79 Å². The molecule has 1 saturated heterocycles. The summed E-state index contributed by atoms with van der Waals surface area (Å²) in [5.74, 6) is -0.190. The van der Waals surface area contributed by atoms with Gasteiger partial charge < -0.3 is 16.0 Å². The number of piperazine rings is 1. The fourth-order valence-electron chi connectivity index (χ4n) is 2.60. The van der Waals surface area contributed by atoms with E-state index in [2.05, 4.69) is 15.1 Å². The Labute approximate surface area is 167 Å². The van der Waals surface area contributed by atoms with E-state index in [1.165, 1.54) is 12.1 Å². The first-order chi connectivity index (χ1) is 10.5. The van der Waals surface area contributed by atoms with Crippen LogP contribution >= 0.6 is 37.2 Å². The monoisotopic (exact) mass is 416 g/mol. The molecule has 0 saturated carbocycles. The Morgan fingerprint density at radius 2 is 1.72 bits per heavy atom. The van der Waals surface area contributed by atoms with E-state index in [-0.39, 0.29) is 55.0 Å². The molecule has 0 aliphatic carbocycles. The largest absolute Gasteiger partial charge is 0.369 e. The molecule has 5 nitrogen and oxygen atoms in total. The van der Waals surface area contributed by atoms with Gasteiger partial charge >= 0.3 is 0 Å². The van der Waals surface area contributed by atoms with E-state index in [4.69, 9.17) is 5.73 Å². The Morgan fingerprint density at radius 1 is 1.16 bits per heavy atom. The van der Waals surface area contributed by atoms with Gasteiger partial charge in [0.1, 0.15) is 5.82 Å². The van der Waals surface area contributed by atoms with Crippen molar-refractivity contribution in [2.75, 3.05) is 44.2 Å². The Bertz CT molecular complexity index is 483. The van der Waals surface area contributed by atoms with Gasteiger partial charge in [-0.25, -0.2) is 4.39 Å². The molecule has 1 amide bonds. The number of hydrogen-bond acceptors (Lipinski definition) is 4. The van der Waals surface area contributed by atoms with Crippen molar-refractivity contribution < 1.29 is 9.18 Å². The molecule has 1 aromatic carbocycles. The third-order valence-corrected chi connectivity index (χ3v) is 3.82. The lowest BCUT2D eigenvalue weighted by Crippen LogP contribution is -2.48. The standard InChI is InChI=1S/C16H25FN4O.3ClH/c1-13(18)12-16(22)19-6-7-20-8-10-21(11-9-20)15-4-2-14(17)3-5-15;;;/h2-5,13H,6-12,18H2,1H3,(H,19,22);3*1H. The van der Waals surface area contributed by atoms with E-state index in [9.17, 15) is 9.18 Å². The molecule has 9 heteroatoms. The molecule has 25 heavy (non-hydrogen) atoms. The molecular weight excluding hydrogens is 390 g/mol. The molecule has 1 heterocycles. The summed E-state index contributed by atoms with van der Waals surface area (Å²) in [6, 6.07) is 6.53. The van der Waals surface area contributed by atoms with E-state index in [1.807, 2.05) is 19.1 Å². The molecule has 1 aliphatic heterocycles. The summed E-state index contributed by atoms with van der Waals surface area (Å²) in [6.45, 7) is 7.05. The van der Waals surface area contributed by atoms with Gasteiger partial charge in [0.25, 0.3) is 0 Å². The first-order valence-corrected chi connectivity index (χ1v) is 7.80. The predicted octanol–water partition coefficient (Wildman–Crippen LogP) is 2.07. The van der Waals surface area contributed by atoms with Crippen LogP contribution in [0, 0.1) is 5.82 Å². The summed E-state index contributed by atoms with van der Waals surface area (Å²) in [5, 5.41) is 2.89. The number of rotatable bonds is 6. The average molecular weight is 418 g/mol. The van der Waals surface area contributed by atoms with E-state index in [1.54, 1.807) is 0 Å². The number of benzene rings is 1. The van der Waals surface area contributed by atoms with Crippen molar-refractivity contribution in [2.45, 2.75) is 19.4 Å². The van der Waals surface area contributed by atoms with E-state index in [0.29, 0.717) is 13.0 Å². The molecule has 1 unspecified atom stereocenters. The maximum atomic E-state index is 12.9. The van der Waals surface area contributed by atoms with E-state index >= 15 is 0 Å². The lowest BCUT2D eigenvalue weighted by atomic mass is 10.2. The van der Waals surface area contributed by atoms with Gasteiger partial charge in [0.05, 0.1) is 0 Å². The van der Waals surface area contributed by atoms with Crippen molar-refractivity contribution >= 4 is 48.8 Å². The fourth-order valence-corrected chi connectivity index (χ4v) is 2.60. The third-order valence-electron chi connectivity index (χ3n) is 3.82. The van der Waals surface area contributed by atoms with Crippen molar-refractivity contribution in [1.82, 2.24) is 10.2 Å². The zero-order chi connectivity index (χ0) is 15.9. The zero-order valence-electron chi connectivity index (χ0n) is 14.3. The molecule has 0 bridgehead atoms. The first-order valence-electron chi connectivity index (χ1n) is 7.80. The van der Waals surface area contributed by atoms with Crippen molar-refractivity contribution in [2.24, 2.45) is 5.73 Å². The minimum Gasteiger partial charge on any atom is -0.369 e. The predicted molar refractivity (Wildman–Crippen MR) is 108 cm³/mol. The number of hydrogen-bond donors (Lipinski definition) is 2. The maximum absolute atomic E-state index is 12.9. The molecule has 1 atom stereocenters. The molecule has 1 aromatic rings. The molecule has 146 valence electrons. The van der Waals surface area contributed by atoms with Crippen LogP contribution in [0.3, 0.4) is 0 Å². The maximum Gasteiger partial charge on any atom is 0.221 e. The van der Waals surface area contributed by atoms with Crippen molar-refractivity contribution in [1.29, 1.82) is 0 Å². The number of amides is 1. The molecule has 3 N–H and O–H groups in total. The molecule has 1 aliphatic rings. The highest BCUT2D eigenvalue weighted by molar-refractivity contribution is 5.86. The van der Waals surface area contributed by atoms with E-state index in [0.717, 1.165) is 38.4 Å². The molecule has 0 spiro atoms. The Morgan fingerprint density at radius 3 is 2.24 bits per heavy atom. The van der Waals surface area contributed by atoms with Crippen LogP contribution < -0.4 is 16.0 Å². The van der Waals surface area contributed by atoms with Crippen LogP contribution in [0.15, 0.2) is 24.3 Å². The van der Waals surface area contributed by atoms with Crippen molar-refractivity contribution in [3.8, 4) is 0 Å². The topological polar surface area (TPSA) is 61.6 Å². The third kappa shape index (κ3) is 9.47. The highest BCUT2D eigenvalue weighted by atomic mass is 35.5. The molecule has 2 rings (SSSR count). The van der Waals surface area contributed by atoms with Crippen LogP contribution in [0.25, 0.3) is 0 Å². The molecule has 0 aromatic heterocycles. The Balaban J connectivity index is 0. The van der Waals surface area contributed by atoms with Crippen LogP contribution in [0.4, 0.5) is 10.1 Å². The summed E-state index contributed by atoms with van der Waals surface area (Å²) in [4.78, 5) is 16.1. The summed E-state index contributed by atoms with van der Waals surface area (Å²) in [6.07, 6.45) is 0.373. The van der Waals surface area contributed by atoms with Crippen LogP contribution in [0.5, 0.6) is 0 Å². The number of nitrogens with zero attached hydrogens (tertiary/aromatic N) is 2. The van der Waals surface area contributed by atoms with Gasteiger partial charge in [0.15, 0.2) is 0 Å². The van der Waals surface area contributed by atoms with E-state index < -0.39 is 0 Å². The number of nitrogens with one attached hydrogen (secondary N) is 1. The number of carbonyl (C=O) groups excluding carboxylic acids is 1. The van der Waals surface area contributed by atoms with Crippen molar-refractivity contribution in [3.05, 3.63) is 30.1 Å². The second-order valence-electron chi connectivity index (χ2n) is 5.84. The highest BCUT2D eigenvalue weighted by Gasteiger charge is 2.17. The number of carbonyl (C=O) groups is 1. The first kappa shape index (κ1) is 26.4. The highest BCUT2D eigenvalue weighted by Crippen LogP contribution is 2.16. The number of nitrogens with two attached hydrogens (primary N) is 1. The number of anilines is 1. The Hall–Kier alpha value is -0.790. The van der Waals surface area contributed by atoms with Crippen LogP contribution in [0.1, 0.15) is 13.3 Å². The molecular formula is C16H28Cl3FN4O. The van der Waals surface area contributed by atoms with Crippen molar-refractivity contribution in [3.63, 3.8) is 0 Å². The van der Waals surface area contributed by atoms with Crippen LogP contribution in [-0.4, -0.2) is 56.1 Å². The van der Waals surface area contributed by atoms with Gasteiger partial charge in [-0.3, -0.25) is 9.69 Å². The summed E-state index contributed by atoms with van der Waals surface area (Å²) < 4.78 is 12.9. The summed E-state index contributed by atoms with van der Waals surface area (Å²) >= 11 is 0. The Kier molecular flexibility index (Phi) is 14.2. The minimum atomic E-state index is -0.204. The molecule has 1 fully saturated rings. The van der Waals surface area contributed by atoms with Gasteiger partial charge in [-0.05, 0) is 31.2 Å². The van der Waals surface area contributed by atoms with Gasteiger partial charge in [-0.1, -0.05) is 0 Å². The lowest BCUT2D eigenvalue weighted by molar-refractivity contribution is -0.121. The molecule has 0 radical (unpaired) electrons. The number of halogens is 4. The SMILES string of the molecule is CC(N)CC(=O)NCCN1CCN(c2ccc(F)cc2)CC1.Cl.Cl.Cl. The minimum absolute atomic E-state index is 0. The quantitative estimate of drug-likeness (QED) is 0.744. The summed E-state index contributed by atoms with van der Waals surface area (Å²) in [5.41, 5.74) is 6.65. The van der Waals surface area contributed by atoms with Gasteiger partial charge in [0.2, 0.25) is 5.91 Å². The smallest absolute Gasteiger partial charge is 0.221 e.